The molecular formula is C18H17N3O7S. The summed E-state index contributed by atoms with van der Waals surface area (Å²) in [7, 11) is 1.24. The average Bonchev–Trinajstić information content (AvgIpc) is 3.03. The maximum atomic E-state index is 12.7. The van der Waals surface area contributed by atoms with Gasteiger partial charge in [0.05, 0.1) is 28.6 Å². The number of amides is 1. The van der Waals surface area contributed by atoms with Crippen molar-refractivity contribution in [3.63, 3.8) is 0 Å². The molecule has 0 saturated heterocycles. The Morgan fingerprint density at radius 2 is 1.97 bits per heavy atom. The number of fused-ring (bicyclic) bond motifs is 1. The van der Waals surface area contributed by atoms with Crippen molar-refractivity contribution in [1.29, 1.82) is 0 Å². The fourth-order valence-corrected chi connectivity index (χ4v) is 4.70. The number of nitrogens with zero attached hydrogens (tertiary/aromatic N) is 2. The first kappa shape index (κ1) is 20.4. The Balaban J connectivity index is 2.00. The van der Waals surface area contributed by atoms with Crippen molar-refractivity contribution in [3.05, 3.63) is 60.0 Å². The smallest absolute Gasteiger partial charge is 0.341 e. The minimum Gasteiger partial charge on any atom is -0.465 e. The molecule has 3 rings (SSSR count). The van der Waals surface area contributed by atoms with E-state index in [4.69, 9.17) is 4.74 Å². The summed E-state index contributed by atoms with van der Waals surface area (Å²) >= 11 is 1.24. The van der Waals surface area contributed by atoms with E-state index in [1.54, 1.807) is 0 Å². The van der Waals surface area contributed by atoms with E-state index in [1.807, 2.05) is 0 Å². The van der Waals surface area contributed by atoms with E-state index >= 15 is 0 Å². The van der Waals surface area contributed by atoms with Crippen molar-refractivity contribution in [2.75, 3.05) is 12.4 Å². The summed E-state index contributed by atoms with van der Waals surface area (Å²) in [5, 5.41) is 25.0. The third-order valence-corrected chi connectivity index (χ3v) is 5.93. The number of ether oxygens (including phenoxy) is 1. The van der Waals surface area contributed by atoms with Gasteiger partial charge in [0.25, 0.3) is 17.3 Å². The van der Waals surface area contributed by atoms with Crippen molar-refractivity contribution in [3.8, 4) is 0 Å². The van der Waals surface area contributed by atoms with Crippen molar-refractivity contribution >= 4 is 39.6 Å². The number of methoxy groups -OCH3 is 1. The van der Waals surface area contributed by atoms with Crippen LogP contribution in [0.5, 0.6) is 0 Å². The third kappa shape index (κ3) is 3.94. The van der Waals surface area contributed by atoms with Gasteiger partial charge < -0.3 is 10.1 Å². The van der Waals surface area contributed by atoms with Crippen molar-refractivity contribution in [2.24, 2.45) is 5.92 Å². The van der Waals surface area contributed by atoms with Gasteiger partial charge in [0.1, 0.15) is 10.6 Å². The molecule has 29 heavy (non-hydrogen) atoms. The van der Waals surface area contributed by atoms with E-state index in [2.05, 4.69) is 12.2 Å². The highest BCUT2D eigenvalue weighted by atomic mass is 32.1. The topological polar surface area (TPSA) is 142 Å². The quantitative estimate of drug-likeness (QED) is 0.442. The molecule has 152 valence electrons. The maximum absolute atomic E-state index is 12.7. The number of non-ortho nitro benzene ring substituents is 1. The molecule has 0 spiro atoms. The van der Waals surface area contributed by atoms with Crippen LogP contribution in [0.2, 0.25) is 0 Å². The van der Waals surface area contributed by atoms with Crippen LogP contribution in [-0.2, 0) is 17.6 Å². The Morgan fingerprint density at radius 3 is 2.59 bits per heavy atom. The number of carbonyl (C=O) groups is 2. The lowest BCUT2D eigenvalue weighted by molar-refractivity contribution is -0.394. The number of hydrogen-bond donors (Lipinski definition) is 1. The van der Waals surface area contributed by atoms with E-state index in [0.29, 0.717) is 12.3 Å². The molecule has 0 saturated carbocycles. The van der Waals surface area contributed by atoms with Crippen LogP contribution in [0, 0.1) is 26.1 Å². The summed E-state index contributed by atoms with van der Waals surface area (Å²) in [4.78, 5) is 46.5. The molecule has 1 amide bonds. The summed E-state index contributed by atoms with van der Waals surface area (Å²) in [6, 6.07) is 2.78. The lowest BCUT2D eigenvalue weighted by atomic mass is 9.88. The van der Waals surface area contributed by atoms with Crippen LogP contribution < -0.4 is 5.32 Å². The van der Waals surface area contributed by atoms with E-state index in [1.165, 1.54) is 18.4 Å². The summed E-state index contributed by atoms with van der Waals surface area (Å²) in [6.07, 6.45) is 2.33. The number of thiophene rings is 1. The number of nitro benzene ring substituents is 2. The van der Waals surface area contributed by atoms with Gasteiger partial charge in [-0.2, -0.15) is 0 Å². The van der Waals surface area contributed by atoms with Gasteiger partial charge in [-0.05, 0) is 36.8 Å². The molecular weight excluding hydrogens is 402 g/mol. The molecule has 0 bridgehead atoms. The second-order valence-electron chi connectivity index (χ2n) is 6.72. The molecule has 1 N–H and O–H groups in total. The second-order valence-corrected chi connectivity index (χ2v) is 7.82. The Hall–Kier alpha value is -3.34. The van der Waals surface area contributed by atoms with Crippen LogP contribution >= 0.6 is 11.3 Å². The molecule has 1 heterocycles. The molecule has 0 radical (unpaired) electrons. The first-order valence-corrected chi connectivity index (χ1v) is 9.51. The first-order valence-electron chi connectivity index (χ1n) is 8.70. The largest absolute Gasteiger partial charge is 0.465 e. The van der Waals surface area contributed by atoms with Crippen LogP contribution in [0.3, 0.4) is 0 Å². The molecule has 2 aromatic rings. The molecule has 1 aliphatic rings. The lowest BCUT2D eigenvalue weighted by Gasteiger charge is -2.18. The highest BCUT2D eigenvalue weighted by Gasteiger charge is 2.30. The fraction of sp³-hybridized carbons (Fsp3) is 0.333. The molecule has 0 fully saturated rings. The number of rotatable bonds is 5. The van der Waals surface area contributed by atoms with Gasteiger partial charge in [0, 0.05) is 10.9 Å². The summed E-state index contributed by atoms with van der Waals surface area (Å²) in [5.41, 5.74) is -0.433. The first-order chi connectivity index (χ1) is 13.7. The number of nitro groups is 2. The van der Waals surface area contributed by atoms with Gasteiger partial charge in [-0.3, -0.25) is 25.0 Å². The average molecular weight is 419 g/mol. The summed E-state index contributed by atoms with van der Waals surface area (Å²) < 4.78 is 4.85. The number of hydrogen-bond acceptors (Lipinski definition) is 8. The minimum atomic E-state index is -0.857. The van der Waals surface area contributed by atoms with E-state index in [9.17, 15) is 29.8 Å². The monoisotopic (exact) mass is 419 g/mol. The van der Waals surface area contributed by atoms with E-state index in [0.717, 1.165) is 41.5 Å². The zero-order valence-electron chi connectivity index (χ0n) is 15.6. The molecule has 1 aliphatic carbocycles. The Morgan fingerprint density at radius 1 is 1.24 bits per heavy atom. The van der Waals surface area contributed by atoms with Gasteiger partial charge in [-0.25, -0.2) is 4.79 Å². The van der Waals surface area contributed by atoms with Crippen LogP contribution in [0.4, 0.5) is 16.4 Å². The van der Waals surface area contributed by atoms with Crippen molar-refractivity contribution in [2.45, 2.75) is 26.2 Å². The van der Waals surface area contributed by atoms with Crippen molar-refractivity contribution < 1.29 is 24.2 Å². The van der Waals surface area contributed by atoms with E-state index in [-0.39, 0.29) is 16.1 Å². The summed E-state index contributed by atoms with van der Waals surface area (Å²) in [6.45, 7) is 2.10. The van der Waals surface area contributed by atoms with Gasteiger partial charge in [-0.15, -0.1) is 11.3 Å². The molecule has 0 aliphatic heterocycles. The Labute approximate surface area is 168 Å². The zero-order valence-corrected chi connectivity index (χ0v) is 16.4. The van der Waals surface area contributed by atoms with Gasteiger partial charge >= 0.3 is 5.97 Å². The summed E-state index contributed by atoms with van der Waals surface area (Å²) in [5.74, 6) is -0.986. The lowest BCUT2D eigenvalue weighted by Crippen LogP contribution is -2.17. The van der Waals surface area contributed by atoms with Crippen LogP contribution in [0.25, 0.3) is 0 Å². The number of esters is 1. The predicted molar refractivity (Wildman–Crippen MR) is 105 cm³/mol. The molecule has 1 aromatic heterocycles. The maximum Gasteiger partial charge on any atom is 0.341 e. The molecule has 1 atom stereocenters. The predicted octanol–water partition coefficient (Wildman–Crippen LogP) is 3.73. The molecule has 1 unspecified atom stereocenters. The Kier molecular flexibility index (Phi) is 5.59. The van der Waals surface area contributed by atoms with E-state index < -0.39 is 33.1 Å². The standard InChI is InChI=1S/C18H17N3O7S/c1-9-3-5-12-14(7-9)29-17(15(12)18(23)28-2)19-16(22)11-6-4-10(20(24)25)8-13(11)21(26)27/h4,6,8-9H,3,5,7H2,1-2H3,(H,19,22). The molecule has 11 heteroatoms. The number of anilines is 1. The van der Waals surface area contributed by atoms with Gasteiger partial charge in [0.2, 0.25) is 0 Å². The SMILES string of the molecule is COC(=O)c1c(NC(=O)c2ccc([N+](=O)[O-])cc2[N+](=O)[O-])sc2c1CCC(C)C2. The minimum absolute atomic E-state index is 0.258. The second kappa shape index (κ2) is 7.95. The highest BCUT2D eigenvalue weighted by Crippen LogP contribution is 2.40. The third-order valence-electron chi connectivity index (χ3n) is 4.76. The Bertz CT molecular complexity index is 1030. The van der Waals surface area contributed by atoms with Crippen molar-refractivity contribution in [1.82, 2.24) is 0 Å². The zero-order chi connectivity index (χ0) is 21.3. The molecule has 1 aromatic carbocycles. The number of benzene rings is 1. The van der Waals surface area contributed by atoms with Crippen LogP contribution in [-0.4, -0.2) is 28.8 Å². The van der Waals surface area contributed by atoms with Gasteiger partial charge in [-0.1, -0.05) is 6.92 Å². The highest BCUT2D eigenvalue weighted by molar-refractivity contribution is 7.17. The van der Waals surface area contributed by atoms with Crippen LogP contribution in [0.15, 0.2) is 18.2 Å². The van der Waals surface area contributed by atoms with Gasteiger partial charge in [0.15, 0.2) is 0 Å². The number of nitrogens with one attached hydrogen (secondary N) is 1. The normalized spacial score (nSPS) is 15.3. The number of carbonyl (C=O) groups excluding carboxylic acids is 2. The molecule has 10 nitrogen and oxygen atoms in total. The van der Waals surface area contributed by atoms with Crippen LogP contribution in [0.1, 0.15) is 44.5 Å². The fourth-order valence-electron chi connectivity index (χ4n) is 3.30.